The number of nitrogen functional groups attached to an aromatic ring is 2. The minimum absolute atomic E-state index is 0.0338. The third kappa shape index (κ3) is 5.59. The number of nitrogens with two attached hydrogens (primary N) is 2. The summed E-state index contributed by atoms with van der Waals surface area (Å²) in [5, 5.41) is 27.0. The van der Waals surface area contributed by atoms with E-state index in [4.69, 9.17) is 26.2 Å². The predicted octanol–water partition coefficient (Wildman–Crippen LogP) is 2.29. The molecule has 2 heterocycles. The molecule has 37 heavy (non-hydrogen) atoms. The Hall–Kier alpha value is -4.71. The molecule has 12 heteroatoms. The van der Waals surface area contributed by atoms with Gasteiger partial charge >= 0.3 is 0 Å². The van der Waals surface area contributed by atoms with Gasteiger partial charge in [-0.15, -0.1) is 0 Å². The Morgan fingerprint density at radius 2 is 1.97 bits per heavy atom. The molecule has 1 aromatic carbocycles. The van der Waals surface area contributed by atoms with E-state index in [0.717, 1.165) is 25.7 Å². The number of nitriles is 2. The normalized spacial score (nSPS) is 16.7. The van der Waals surface area contributed by atoms with E-state index in [0.29, 0.717) is 29.2 Å². The van der Waals surface area contributed by atoms with Crippen LogP contribution in [0.2, 0.25) is 0 Å². The zero-order valence-electron chi connectivity index (χ0n) is 20.5. The summed E-state index contributed by atoms with van der Waals surface area (Å²) in [4.78, 5) is 21.3. The summed E-state index contributed by atoms with van der Waals surface area (Å²) in [6.07, 6.45) is 7.25. The number of pyridine rings is 1. The number of aliphatic imine (C=N–C) groups is 1. The van der Waals surface area contributed by atoms with Crippen molar-refractivity contribution in [2.24, 2.45) is 4.99 Å². The van der Waals surface area contributed by atoms with Gasteiger partial charge in [-0.05, 0) is 37.5 Å². The first kappa shape index (κ1) is 25.4. The third-order valence-corrected chi connectivity index (χ3v) is 6.27. The first-order chi connectivity index (χ1) is 17.9. The maximum atomic E-state index is 12.4. The second kappa shape index (κ2) is 11.4. The summed E-state index contributed by atoms with van der Waals surface area (Å²) in [7, 11) is 0. The Kier molecular flexibility index (Phi) is 7.79. The maximum Gasteiger partial charge on any atom is 0.258 e. The lowest BCUT2D eigenvalue weighted by Crippen LogP contribution is -2.39. The Balaban J connectivity index is 1.62. The lowest BCUT2D eigenvalue weighted by Gasteiger charge is -2.26. The number of carbonyl (C=O) groups excluding carboxylic acids is 1. The van der Waals surface area contributed by atoms with Gasteiger partial charge in [0, 0.05) is 11.6 Å². The van der Waals surface area contributed by atoms with Crippen LogP contribution in [0.4, 0.5) is 17.3 Å². The second-order valence-electron chi connectivity index (χ2n) is 8.73. The van der Waals surface area contributed by atoms with Crippen LogP contribution in [0.5, 0.6) is 11.5 Å². The molecule has 192 valence electrons. The van der Waals surface area contributed by atoms with Gasteiger partial charge < -0.3 is 31.6 Å². The lowest BCUT2D eigenvalue weighted by molar-refractivity contribution is -0.124. The minimum Gasteiger partial charge on any atom is -0.490 e. The third-order valence-electron chi connectivity index (χ3n) is 6.27. The number of hydrogen-bond donors (Lipinski definition) is 5. The van der Waals surface area contributed by atoms with Crippen LogP contribution in [0.15, 0.2) is 23.2 Å². The molecule has 1 fully saturated rings. The number of anilines is 3. The summed E-state index contributed by atoms with van der Waals surface area (Å²) < 4.78 is 11.6. The molecule has 2 aliphatic rings. The van der Waals surface area contributed by atoms with E-state index in [1.807, 2.05) is 19.2 Å². The molecular weight excluding hydrogens is 474 g/mol. The van der Waals surface area contributed by atoms with Crippen LogP contribution in [-0.2, 0) is 4.79 Å². The Morgan fingerprint density at radius 3 is 2.68 bits per heavy atom. The van der Waals surface area contributed by atoms with Gasteiger partial charge in [-0.2, -0.15) is 10.5 Å². The van der Waals surface area contributed by atoms with Gasteiger partial charge in [0.1, 0.15) is 29.3 Å². The number of ether oxygens (including phenoxy) is 2. The van der Waals surface area contributed by atoms with E-state index in [2.05, 4.69) is 25.9 Å². The highest BCUT2D eigenvalue weighted by Gasteiger charge is 2.30. The highest BCUT2D eigenvalue weighted by molar-refractivity contribution is 5.98. The first-order valence-electron chi connectivity index (χ1n) is 12.1. The number of rotatable bonds is 7. The summed E-state index contributed by atoms with van der Waals surface area (Å²) in [6, 6.07) is 6.62. The number of nitrogens with zero attached hydrogens (tertiary/aromatic N) is 4. The molecule has 12 nitrogen and oxygen atoms in total. The van der Waals surface area contributed by atoms with Gasteiger partial charge in [-0.25, -0.2) is 9.98 Å². The molecule has 1 atom stereocenters. The quantitative estimate of drug-likeness (QED) is 0.276. The minimum atomic E-state index is -0.727. The van der Waals surface area contributed by atoms with Gasteiger partial charge in [0.15, 0.2) is 24.3 Å². The van der Waals surface area contributed by atoms with Crippen LogP contribution in [-0.4, -0.2) is 36.1 Å². The van der Waals surface area contributed by atoms with Crippen LogP contribution >= 0.6 is 0 Å². The number of nitrogens with one attached hydrogen (secondary N) is 3. The average molecular weight is 504 g/mol. The highest BCUT2D eigenvalue weighted by Crippen LogP contribution is 2.42. The van der Waals surface area contributed by atoms with Crippen molar-refractivity contribution in [2.45, 2.75) is 51.1 Å². The van der Waals surface area contributed by atoms with Crippen molar-refractivity contribution < 1.29 is 14.3 Å². The summed E-state index contributed by atoms with van der Waals surface area (Å²) in [5.74, 6) is 1.03. The number of amides is 1. The predicted molar refractivity (Wildman–Crippen MR) is 138 cm³/mol. The Labute approximate surface area is 214 Å². The standard InChI is InChI=1S/C25H29N9O3/c1-2-36-18-10-14(8-9-17(18)37-12-19(35)31-15-6-4-3-5-7-15)22-20-21(28)16(11-26)23(29)33-24(20)34-25(32-22)30-13-27/h8-10,15,22H,2-7,12H2,1H3,(H,31,35)(H6,28,29,30,32,33,34). The van der Waals surface area contributed by atoms with Gasteiger partial charge in [-0.3, -0.25) is 10.1 Å². The molecule has 1 aliphatic heterocycles. The highest BCUT2D eigenvalue weighted by atomic mass is 16.5. The van der Waals surface area contributed by atoms with E-state index in [1.54, 1.807) is 18.2 Å². The van der Waals surface area contributed by atoms with Gasteiger partial charge in [-0.1, -0.05) is 25.3 Å². The van der Waals surface area contributed by atoms with Crippen molar-refractivity contribution >= 4 is 29.2 Å². The van der Waals surface area contributed by atoms with Gasteiger partial charge in [0.2, 0.25) is 5.96 Å². The van der Waals surface area contributed by atoms with E-state index < -0.39 is 6.04 Å². The number of benzene rings is 1. The van der Waals surface area contributed by atoms with Gasteiger partial charge in [0.05, 0.1) is 12.3 Å². The van der Waals surface area contributed by atoms with Crippen molar-refractivity contribution in [2.75, 3.05) is 30.0 Å². The van der Waals surface area contributed by atoms with Crippen LogP contribution in [0.25, 0.3) is 0 Å². The monoisotopic (exact) mass is 503 g/mol. The smallest absolute Gasteiger partial charge is 0.258 e. The maximum absolute atomic E-state index is 12.4. The van der Waals surface area contributed by atoms with Crippen molar-refractivity contribution in [1.29, 1.82) is 10.5 Å². The summed E-state index contributed by atoms with van der Waals surface area (Å²) in [5.41, 5.74) is 13.5. The van der Waals surface area contributed by atoms with Crippen molar-refractivity contribution in [3.8, 4) is 23.8 Å². The van der Waals surface area contributed by atoms with Crippen LogP contribution < -0.4 is 36.9 Å². The molecule has 2 aromatic rings. The van der Waals surface area contributed by atoms with E-state index in [1.165, 1.54) is 6.42 Å². The molecule has 0 radical (unpaired) electrons. The van der Waals surface area contributed by atoms with E-state index >= 15 is 0 Å². The SMILES string of the molecule is CCOc1cc(C2N=C(NC#N)Nc3nc(N)c(C#N)c(N)c32)ccc1OCC(=O)NC1CCCCC1. The fraction of sp³-hybridized carbons (Fsp3) is 0.400. The number of hydrogen-bond acceptors (Lipinski definition) is 11. The number of fused-ring (bicyclic) bond motifs is 1. The zero-order valence-corrected chi connectivity index (χ0v) is 20.5. The average Bonchev–Trinajstić information content (AvgIpc) is 2.88. The Bertz CT molecular complexity index is 1290. The molecular formula is C25H29N9O3. The first-order valence-corrected chi connectivity index (χ1v) is 12.1. The zero-order chi connectivity index (χ0) is 26.4. The molecule has 0 bridgehead atoms. The van der Waals surface area contributed by atoms with Gasteiger partial charge in [0.25, 0.3) is 5.91 Å². The summed E-state index contributed by atoms with van der Waals surface area (Å²) >= 11 is 0. The number of guanidine groups is 1. The van der Waals surface area contributed by atoms with Crippen molar-refractivity contribution in [3.05, 3.63) is 34.9 Å². The van der Waals surface area contributed by atoms with Crippen LogP contribution in [0, 0.1) is 22.8 Å². The molecule has 1 aromatic heterocycles. The molecule has 7 N–H and O–H groups in total. The number of aromatic nitrogens is 1. The van der Waals surface area contributed by atoms with Crippen molar-refractivity contribution in [3.63, 3.8) is 0 Å². The summed E-state index contributed by atoms with van der Waals surface area (Å²) in [6.45, 7) is 2.06. The molecule has 0 spiro atoms. The van der Waals surface area contributed by atoms with Crippen LogP contribution in [0.3, 0.4) is 0 Å². The molecule has 4 rings (SSSR count). The molecule has 1 unspecified atom stereocenters. The van der Waals surface area contributed by atoms with E-state index in [9.17, 15) is 10.1 Å². The largest absolute Gasteiger partial charge is 0.490 e. The molecule has 1 aliphatic carbocycles. The fourth-order valence-electron chi connectivity index (χ4n) is 4.56. The molecule has 1 amide bonds. The van der Waals surface area contributed by atoms with E-state index in [-0.39, 0.29) is 47.4 Å². The molecule has 0 saturated heterocycles. The van der Waals surface area contributed by atoms with Crippen molar-refractivity contribution in [1.82, 2.24) is 15.6 Å². The topological polar surface area (TPSA) is 196 Å². The molecule has 1 saturated carbocycles. The Morgan fingerprint density at radius 1 is 1.19 bits per heavy atom. The number of carbonyl (C=O) groups is 1. The fourth-order valence-corrected chi connectivity index (χ4v) is 4.56. The second-order valence-corrected chi connectivity index (χ2v) is 8.73. The lowest BCUT2D eigenvalue weighted by atomic mass is 9.95. The van der Waals surface area contributed by atoms with Crippen LogP contribution in [0.1, 0.15) is 61.8 Å².